The number of nitrogens with two attached hydrogens (primary N) is 1. The fraction of sp³-hybridized carbons (Fsp3) is 0.0769. The summed E-state index contributed by atoms with van der Waals surface area (Å²) in [5.74, 6) is -0.221. The Morgan fingerprint density at radius 2 is 1.82 bits per heavy atom. The highest BCUT2D eigenvalue weighted by Crippen LogP contribution is 2.33. The van der Waals surface area contributed by atoms with Gasteiger partial charge in [0.15, 0.2) is 0 Å². The summed E-state index contributed by atoms with van der Waals surface area (Å²) < 4.78 is 14.7. The van der Waals surface area contributed by atoms with Gasteiger partial charge in [-0.3, -0.25) is 0 Å². The second-order valence-electron chi connectivity index (χ2n) is 3.49. The molecule has 0 aliphatic carbocycles. The van der Waals surface area contributed by atoms with E-state index in [1.807, 2.05) is 30.3 Å². The Hall–Kier alpha value is -0.840. The molecule has 88 valence electrons. The van der Waals surface area contributed by atoms with Crippen molar-refractivity contribution in [1.82, 2.24) is 0 Å². The van der Waals surface area contributed by atoms with Crippen molar-refractivity contribution in [2.45, 2.75) is 16.3 Å². The van der Waals surface area contributed by atoms with Gasteiger partial charge in [-0.15, -0.1) is 0 Å². The minimum absolute atomic E-state index is 0.221. The summed E-state index contributed by atoms with van der Waals surface area (Å²) >= 11 is 4.77. The molecule has 0 unspecified atom stereocenters. The lowest BCUT2D eigenvalue weighted by Gasteiger charge is -2.08. The molecule has 0 saturated carbocycles. The minimum atomic E-state index is -0.221. The molecule has 0 radical (unpaired) electrons. The maximum atomic E-state index is 13.7. The lowest BCUT2D eigenvalue weighted by atomic mass is 10.2. The number of benzene rings is 2. The van der Waals surface area contributed by atoms with Crippen LogP contribution in [-0.4, -0.2) is 0 Å². The van der Waals surface area contributed by atoms with Crippen molar-refractivity contribution in [1.29, 1.82) is 0 Å². The summed E-state index contributed by atoms with van der Waals surface area (Å²) in [4.78, 5) is 1.60. The van der Waals surface area contributed by atoms with Gasteiger partial charge in [0, 0.05) is 15.9 Å². The molecular weight excluding hydrogens is 301 g/mol. The van der Waals surface area contributed by atoms with Gasteiger partial charge in [-0.25, -0.2) is 4.39 Å². The van der Waals surface area contributed by atoms with E-state index in [1.165, 1.54) is 17.8 Å². The predicted molar refractivity (Wildman–Crippen MR) is 72.6 cm³/mol. The molecule has 2 aromatic carbocycles. The smallest absolute Gasteiger partial charge is 0.137 e. The van der Waals surface area contributed by atoms with E-state index in [1.54, 1.807) is 6.07 Å². The highest BCUT2D eigenvalue weighted by molar-refractivity contribution is 9.10. The van der Waals surface area contributed by atoms with Gasteiger partial charge in [-0.05, 0) is 35.9 Å². The molecule has 0 aliphatic rings. The van der Waals surface area contributed by atoms with E-state index in [2.05, 4.69) is 15.9 Å². The quantitative estimate of drug-likeness (QED) is 0.919. The van der Waals surface area contributed by atoms with E-state index in [-0.39, 0.29) is 5.82 Å². The van der Waals surface area contributed by atoms with Crippen molar-refractivity contribution >= 4 is 27.7 Å². The Labute approximate surface area is 112 Å². The lowest BCUT2D eigenvalue weighted by Crippen LogP contribution is -1.99. The largest absolute Gasteiger partial charge is 0.326 e. The van der Waals surface area contributed by atoms with Crippen LogP contribution in [0.4, 0.5) is 4.39 Å². The Morgan fingerprint density at radius 3 is 2.47 bits per heavy atom. The maximum Gasteiger partial charge on any atom is 0.137 e. The topological polar surface area (TPSA) is 26.0 Å². The van der Waals surface area contributed by atoms with E-state index in [0.717, 1.165) is 14.9 Å². The van der Waals surface area contributed by atoms with Gasteiger partial charge in [0.2, 0.25) is 0 Å². The number of halogens is 2. The van der Waals surface area contributed by atoms with Crippen LogP contribution in [0.3, 0.4) is 0 Å². The van der Waals surface area contributed by atoms with Crippen molar-refractivity contribution in [3.63, 3.8) is 0 Å². The lowest BCUT2D eigenvalue weighted by molar-refractivity contribution is 0.597. The summed E-state index contributed by atoms with van der Waals surface area (Å²) in [6.45, 7) is 0.344. The number of hydrogen-bond acceptors (Lipinski definition) is 2. The average Bonchev–Trinajstić information content (AvgIpc) is 2.34. The molecule has 0 aromatic heterocycles. The van der Waals surface area contributed by atoms with E-state index in [9.17, 15) is 4.39 Å². The van der Waals surface area contributed by atoms with E-state index < -0.39 is 0 Å². The van der Waals surface area contributed by atoms with Crippen LogP contribution in [0.5, 0.6) is 0 Å². The van der Waals surface area contributed by atoms with Crippen LogP contribution in [0.1, 0.15) is 5.56 Å². The Bertz CT molecular complexity index is 513. The van der Waals surface area contributed by atoms with Crippen molar-refractivity contribution < 1.29 is 4.39 Å². The Kier molecular flexibility index (Phi) is 4.20. The zero-order valence-corrected chi connectivity index (χ0v) is 11.4. The van der Waals surface area contributed by atoms with Gasteiger partial charge in [-0.2, -0.15) is 0 Å². The molecule has 0 fully saturated rings. The van der Waals surface area contributed by atoms with Crippen LogP contribution in [0, 0.1) is 5.82 Å². The SMILES string of the molecule is NCc1cccc(F)c1Sc1ccc(Br)cc1. The molecule has 0 spiro atoms. The first-order valence-corrected chi connectivity index (χ1v) is 6.72. The molecule has 4 heteroatoms. The zero-order chi connectivity index (χ0) is 12.3. The van der Waals surface area contributed by atoms with Crippen molar-refractivity contribution in [3.8, 4) is 0 Å². The maximum absolute atomic E-state index is 13.7. The highest BCUT2D eigenvalue weighted by atomic mass is 79.9. The first-order chi connectivity index (χ1) is 8.20. The molecule has 1 nitrogen and oxygen atoms in total. The monoisotopic (exact) mass is 311 g/mol. The first-order valence-electron chi connectivity index (χ1n) is 5.11. The van der Waals surface area contributed by atoms with Crippen LogP contribution < -0.4 is 5.73 Å². The summed E-state index contributed by atoms with van der Waals surface area (Å²) in [7, 11) is 0. The zero-order valence-electron chi connectivity index (χ0n) is 8.99. The summed E-state index contributed by atoms with van der Waals surface area (Å²) in [5, 5.41) is 0. The van der Waals surface area contributed by atoms with Crippen LogP contribution in [0.2, 0.25) is 0 Å². The van der Waals surface area contributed by atoms with Gasteiger partial charge in [0.1, 0.15) is 5.82 Å². The van der Waals surface area contributed by atoms with Gasteiger partial charge in [-0.1, -0.05) is 39.8 Å². The molecule has 17 heavy (non-hydrogen) atoms. The standard InChI is InChI=1S/C13H11BrFNS/c14-10-4-6-11(7-5-10)17-13-9(8-16)2-1-3-12(13)15/h1-7H,8,16H2. The summed E-state index contributed by atoms with van der Waals surface area (Å²) in [6, 6.07) is 12.8. The van der Waals surface area contributed by atoms with Crippen LogP contribution >= 0.6 is 27.7 Å². The molecule has 2 N–H and O–H groups in total. The van der Waals surface area contributed by atoms with Gasteiger partial charge in [0.05, 0.1) is 4.90 Å². The normalized spacial score (nSPS) is 10.5. The predicted octanol–water partition coefficient (Wildman–Crippen LogP) is 4.20. The molecule has 0 heterocycles. The number of rotatable bonds is 3. The molecule has 0 amide bonds. The van der Waals surface area contributed by atoms with Gasteiger partial charge >= 0.3 is 0 Å². The summed E-state index contributed by atoms with van der Waals surface area (Å²) in [5.41, 5.74) is 6.44. The van der Waals surface area contributed by atoms with E-state index >= 15 is 0 Å². The third-order valence-electron chi connectivity index (χ3n) is 2.30. The first kappa shape index (κ1) is 12.6. The average molecular weight is 312 g/mol. The van der Waals surface area contributed by atoms with Crippen molar-refractivity contribution in [2.75, 3.05) is 0 Å². The third kappa shape index (κ3) is 3.09. The molecule has 0 atom stereocenters. The molecule has 0 aliphatic heterocycles. The van der Waals surface area contributed by atoms with E-state index in [4.69, 9.17) is 5.73 Å². The molecule has 0 bridgehead atoms. The molecular formula is C13H11BrFNS. The van der Waals surface area contributed by atoms with Gasteiger partial charge in [0.25, 0.3) is 0 Å². The number of hydrogen-bond donors (Lipinski definition) is 1. The third-order valence-corrected chi connectivity index (χ3v) is 4.00. The Morgan fingerprint density at radius 1 is 1.12 bits per heavy atom. The highest BCUT2D eigenvalue weighted by Gasteiger charge is 2.08. The van der Waals surface area contributed by atoms with Crippen molar-refractivity contribution in [3.05, 3.63) is 58.3 Å². The van der Waals surface area contributed by atoms with Crippen LogP contribution in [0.15, 0.2) is 56.7 Å². The molecule has 2 aromatic rings. The minimum Gasteiger partial charge on any atom is -0.326 e. The summed E-state index contributed by atoms with van der Waals surface area (Å²) in [6.07, 6.45) is 0. The van der Waals surface area contributed by atoms with E-state index in [0.29, 0.717) is 11.4 Å². The fourth-order valence-corrected chi connectivity index (χ4v) is 2.67. The van der Waals surface area contributed by atoms with Crippen LogP contribution in [-0.2, 0) is 6.54 Å². The second kappa shape index (κ2) is 5.67. The molecule has 0 saturated heterocycles. The van der Waals surface area contributed by atoms with Crippen LogP contribution in [0.25, 0.3) is 0 Å². The second-order valence-corrected chi connectivity index (χ2v) is 5.49. The fourth-order valence-electron chi connectivity index (χ4n) is 1.45. The van der Waals surface area contributed by atoms with Gasteiger partial charge < -0.3 is 5.73 Å². The molecule has 2 rings (SSSR count). The van der Waals surface area contributed by atoms with Crippen molar-refractivity contribution in [2.24, 2.45) is 5.73 Å². The Balaban J connectivity index is 2.32.